The highest BCUT2D eigenvalue weighted by molar-refractivity contribution is 5.63. The van der Waals surface area contributed by atoms with Gasteiger partial charge in [-0.25, -0.2) is 9.07 Å². The van der Waals surface area contributed by atoms with Gasteiger partial charge in [-0.3, -0.25) is 0 Å². The van der Waals surface area contributed by atoms with Crippen LogP contribution in [0.3, 0.4) is 0 Å². The number of halogens is 1. The van der Waals surface area contributed by atoms with Crippen LogP contribution in [-0.4, -0.2) is 20.2 Å². The molecule has 1 aliphatic carbocycles. The summed E-state index contributed by atoms with van der Waals surface area (Å²) in [6.07, 6.45) is 3.55. The molecule has 1 fully saturated rings. The van der Waals surface area contributed by atoms with Crippen molar-refractivity contribution in [3.8, 4) is 11.4 Å². The number of nitrogens with zero attached hydrogens (tertiary/aromatic N) is 4. The molecule has 106 valence electrons. The molecule has 0 amide bonds. The maximum absolute atomic E-state index is 14.3. The zero-order chi connectivity index (χ0) is 14.3. The van der Waals surface area contributed by atoms with Crippen molar-refractivity contribution in [1.82, 2.24) is 20.2 Å². The molecule has 2 N–H and O–H groups in total. The largest absolute Gasteiger partial charge is 0.399 e. The van der Waals surface area contributed by atoms with E-state index in [1.165, 1.54) is 6.42 Å². The van der Waals surface area contributed by atoms with Gasteiger partial charge in [0, 0.05) is 5.69 Å². The molecule has 6 heteroatoms. The van der Waals surface area contributed by atoms with E-state index in [2.05, 4.69) is 22.4 Å². The summed E-state index contributed by atoms with van der Waals surface area (Å²) in [5.41, 5.74) is 7.41. The van der Waals surface area contributed by atoms with Crippen LogP contribution in [-0.2, 0) is 6.54 Å². The van der Waals surface area contributed by atoms with Gasteiger partial charge in [0.2, 0.25) is 0 Å². The fourth-order valence-electron chi connectivity index (χ4n) is 2.76. The Balaban J connectivity index is 2.01. The number of aromatic nitrogens is 4. The van der Waals surface area contributed by atoms with Crippen molar-refractivity contribution >= 4 is 5.69 Å². The first kappa shape index (κ1) is 13.0. The number of nitrogens with two attached hydrogens (primary N) is 1. The highest BCUT2D eigenvalue weighted by Gasteiger charge is 2.33. The normalized spacial score (nSPS) is 16.9. The highest BCUT2D eigenvalue weighted by atomic mass is 19.1. The standard InChI is InChI=1S/C14H18FN5/c1-9-6-10(16)7-11(12(9)15)13-17-18-19-20(13)8-14(2)4-3-5-14/h6-7H,3-5,8,16H2,1-2H3. The number of hydrogen-bond acceptors (Lipinski definition) is 4. The Morgan fingerprint density at radius 3 is 2.80 bits per heavy atom. The molecular weight excluding hydrogens is 257 g/mol. The van der Waals surface area contributed by atoms with Crippen molar-refractivity contribution in [2.75, 3.05) is 5.73 Å². The summed E-state index contributed by atoms with van der Waals surface area (Å²) in [5.74, 6) is 0.139. The van der Waals surface area contributed by atoms with Crippen LogP contribution in [0.1, 0.15) is 31.7 Å². The number of nitrogen functional groups attached to an aromatic ring is 1. The molecule has 1 aromatic carbocycles. The molecule has 5 nitrogen and oxygen atoms in total. The molecule has 0 spiro atoms. The molecule has 0 radical (unpaired) electrons. The van der Waals surface area contributed by atoms with Gasteiger partial charge >= 0.3 is 0 Å². The minimum absolute atomic E-state index is 0.218. The van der Waals surface area contributed by atoms with E-state index < -0.39 is 0 Å². The van der Waals surface area contributed by atoms with Crippen LogP contribution >= 0.6 is 0 Å². The summed E-state index contributed by atoms with van der Waals surface area (Å²) in [5, 5.41) is 11.7. The lowest BCUT2D eigenvalue weighted by Crippen LogP contribution is -2.31. The number of tetrazole rings is 1. The van der Waals surface area contributed by atoms with Gasteiger partial charge in [-0.1, -0.05) is 13.3 Å². The van der Waals surface area contributed by atoms with E-state index in [4.69, 9.17) is 5.73 Å². The monoisotopic (exact) mass is 275 g/mol. The second-order valence-electron chi connectivity index (χ2n) is 6.02. The molecule has 0 bridgehead atoms. The van der Waals surface area contributed by atoms with Gasteiger partial charge in [-0.15, -0.1) is 5.10 Å². The predicted octanol–water partition coefficient (Wildman–Crippen LogP) is 2.56. The van der Waals surface area contributed by atoms with Crippen molar-refractivity contribution in [3.05, 3.63) is 23.5 Å². The third-order valence-electron chi connectivity index (χ3n) is 4.14. The third-order valence-corrected chi connectivity index (χ3v) is 4.14. The van der Waals surface area contributed by atoms with Crippen LogP contribution in [0.4, 0.5) is 10.1 Å². The lowest BCUT2D eigenvalue weighted by Gasteiger charge is -2.38. The molecule has 3 rings (SSSR count). The maximum Gasteiger partial charge on any atom is 0.185 e. The molecule has 1 heterocycles. The average Bonchev–Trinajstić information content (AvgIpc) is 2.79. The number of aryl methyl sites for hydroxylation is 1. The van der Waals surface area contributed by atoms with Crippen LogP contribution in [0.2, 0.25) is 0 Å². The Hall–Kier alpha value is -1.98. The van der Waals surface area contributed by atoms with E-state index in [0.29, 0.717) is 29.2 Å². The highest BCUT2D eigenvalue weighted by Crippen LogP contribution is 2.42. The lowest BCUT2D eigenvalue weighted by atomic mass is 9.70. The van der Waals surface area contributed by atoms with Gasteiger partial charge in [0.25, 0.3) is 0 Å². The van der Waals surface area contributed by atoms with E-state index in [0.717, 1.165) is 12.8 Å². The molecular formula is C14H18FN5. The van der Waals surface area contributed by atoms with Gasteiger partial charge in [-0.2, -0.15) is 0 Å². The zero-order valence-corrected chi connectivity index (χ0v) is 11.7. The molecule has 1 saturated carbocycles. The molecule has 20 heavy (non-hydrogen) atoms. The van der Waals surface area contributed by atoms with Crippen LogP contribution in [0, 0.1) is 18.2 Å². The van der Waals surface area contributed by atoms with E-state index >= 15 is 0 Å². The molecule has 2 aromatic rings. The van der Waals surface area contributed by atoms with Gasteiger partial charge in [0.1, 0.15) is 5.82 Å². The van der Waals surface area contributed by atoms with Crippen molar-refractivity contribution in [2.24, 2.45) is 5.41 Å². The van der Waals surface area contributed by atoms with Gasteiger partial charge in [0.15, 0.2) is 5.82 Å². The summed E-state index contributed by atoms with van der Waals surface area (Å²) in [4.78, 5) is 0. The van der Waals surface area contributed by atoms with Crippen LogP contribution in [0.15, 0.2) is 12.1 Å². The Kier molecular flexibility index (Phi) is 2.96. The third kappa shape index (κ3) is 2.15. The van der Waals surface area contributed by atoms with Crippen LogP contribution in [0.5, 0.6) is 0 Å². The number of rotatable bonds is 3. The second-order valence-corrected chi connectivity index (χ2v) is 6.02. The SMILES string of the molecule is Cc1cc(N)cc(-c2nnnn2CC2(C)CCC2)c1F. The van der Waals surface area contributed by atoms with Crippen LogP contribution in [0.25, 0.3) is 11.4 Å². The average molecular weight is 275 g/mol. The first-order valence-corrected chi connectivity index (χ1v) is 6.81. The summed E-state index contributed by atoms with van der Waals surface area (Å²) in [6.45, 7) is 4.61. The molecule has 0 atom stereocenters. The van der Waals surface area contributed by atoms with Crippen molar-refractivity contribution < 1.29 is 4.39 Å². The van der Waals surface area contributed by atoms with Gasteiger partial charge in [0.05, 0.1) is 12.1 Å². The first-order valence-electron chi connectivity index (χ1n) is 6.81. The maximum atomic E-state index is 14.3. The Morgan fingerprint density at radius 1 is 1.40 bits per heavy atom. The Bertz CT molecular complexity index is 645. The molecule has 1 aliphatic rings. The topological polar surface area (TPSA) is 69.6 Å². The quantitative estimate of drug-likeness (QED) is 0.874. The summed E-state index contributed by atoms with van der Waals surface area (Å²) >= 11 is 0. The Labute approximate surface area is 117 Å². The number of hydrogen-bond donors (Lipinski definition) is 1. The molecule has 0 unspecified atom stereocenters. The van der Waals surface area contributed by atoms with Gasteiger partial charge < -0.3 is 5.73 Å². The number of benzene rings is 1. The lowest BCUT2D eigenvalue weighted by molar-refractivity contribution is 0.126. The van der Waals surface area contributed by atoms with E-state index in [9.17, 15) is 4.39 Å². The Morgan fingerprint density at radius 2 is 2.15 bits per heavy atom. The molecule has 0 aliphatic heterocycles. The smallest absolute Gasteiger partial charge is 0.185 e. The first-order chi connectivity index (χ1) is 9.48. The van der Waals surface area contributed by atoms with Gasteiger partial charge in [-0.05, 0) is 53.3 Å². The minimum atomic E-state index is -0.311. The number of anilines is 1. The van der Waals surface area contributed by atoms with E-state index in [-0.39, 0.29) is 11.2 Å². The molecule has 1 aromatic heterocycles. The summed E-state index contributed by atoms with van der Waals surface area (Å²) in [6, 6.07) is 3.20. The van der Waals surface area contributed by atoms with Crippen molar-refractivity contribution in [1.29, 1.82) is 0 Å². The van der Waals surface area contributed by atoms with E-state index in [1.807, 2.05) is 0 Å². The summed E-state index contributed by atoms with van der Waals surface area (Å²) < 4.78 is 16.0. The van der Waals surface area contributed by atoms with Crippen molar-refractivity contribution in [3.63, 3.8) is 0 Å². The fourth-order valence-corrected chi connectivity index (χ4v) is 2.76. The minimum Gasteiger partial charge on any atom is -0.399 e. The summed E-state index contributed by atoms with van der Waals surface area (Å²) in [7, 11) is 0. The zero-order valence-electron chi connectivity index (χ0n) is 11.7. The predicted molar refractivity (Wildman–Crippen MR) is 74.3 cm³/mol. The van der Waals surface area contributed by atoms with Crippen molar-refractivity contribution in [2.45, 2.75) is 39.7 Å². The van der Waals surface area contributed by atoms with E-state index in [1.54, 1.807) is 23.7 Å². The fraction of sp³-hybridized carbons (Fsp3) is 0.500. The second kappa shape index (κ2) is 4.54. The van der Waals surface area contributed by atoms with Crippen LogP contribution < -0.4 is 5.73 Å². The molecule has 0 saturated heterocycles.